The van der Waals surface area contributed by atoms with Crippen molar-refractivity contribution in [2.24, 2.45) is 0 Å². The maximum absolute atomic E-state index is 11.7. The van der Waals surface area contributed by atoms with Gasteiger partial charge in [0.2, 0.25) is 0 Å². The van der Waals surface area contributed by atoms with Crippen LogP contribution in [-0.4, -0.2) is 19.1 Å². The SMILES string of the molecule is COC(OC)(c1ccccc1)C(c1ccccc1)[N+](=O)[O-]. The van der Waals surface area contributed by atoms with E-state index in [1.807, 2.05) is 12.1 Å². The molecule has 0 aliphatic rings. The molecule has 0 aromatic heterocycles. The maximum atomic E-state index is 11.7. The fraction of sp³-hybridized carbons (Fsp3) is 0.250. The van der Waals surface area contributed by atoms with E-state index in [1.54, 1.807) is 48.5 Å². The van der Waals surface area contributed by atoms with Crippen molar-refractivity contribution < 1.29 is 14.4 Å². The highest BCUT2D eigenvalue weighted by Gasteiger charge is 2.50. The number of ether oxygens (including phenoxy) is 2. The second-order valence-corrected chi connectivity index (χ2v) is 4.54. The summed E-state index contributed by atoms with van der Waals surface area (Å²) in [6.07, 6.45) is 0. The van der Waals surface area contributed by atoms with Crippen LogP contribution in [0.2, 0.25) is 0 Å². The molecule has 2 aromatic rings. The van der Waals surface area contributed by atoms with Crippen LogP contribution >= 0.6 is 0 Å². The van der Waals surface area contributed by atoms with Crippen LogP contribution in [0, 0.1) is 10.1 Å². The Balaban J connectivity index is 2.60. The summed E-state index contributed by atoms with van der Waals surface area (Å²) in [6.45, 7) is 0. The lowest BCUT2D eigenvalue weighted by Crippen LogP contribution is -2.41. The van der Waals surface area contributed by atoms with E-state index in [0.29, 0.717) is 11.1 Å². The third kappa shape index (κ3) is 2.79. The predicted molar refractivity (Wildman–Crippen MR) is 78.3 cm³/mol. The van der Waals surface area contributed by atoms with Gasteiger partial charge >= 0.3 is 0 Å². The first-order chi connectivity index (χ1) is 10.2. The molecular formula is C16H17NO4. The summed E-state index contributed by atoms with van der Waals surface area (Å²) in [5.41, 5.74) is 1.12. The van der Waals surface area contributed by atoms with Crippen molar-refractivity contribution in [2.45, 2.75) is 11.8 Å². The monoisotopic (exact) mass is 287 g/mol. The van der Waals surface area contributed by atoms with E-state index in [0.717, 1.165) is 0 Å². The summed E-state index contributed by atoms with van der Waals surface area (Å²) in [7, 11) is 2.83. The lowest BCUT2D eigenvalue weighted by Gasteiger charge is -2.33. The smallest absolute Gasteiger partial charge is 0.295 e. The van der Waals surface area contributed by atoms with Gasteiger partial charge in [-0.2, -0.15) is 0 Å². The molecule has 110 valence electrons. The Morgan fingerprint density at radius 2 is 1.43 bits per heavy atom. The first-order valence-corrected chi connectivity index (χ1v) is 6.50. The average molecular weight is 287 g/mol. The van der Waals surface area contributed by atoms with E-state index in [9.17, 15) is 10.1 Å². The van der Waals surface area contributed by atoms with Crippen molar-refractivity contribution in [3.63, 3.8) is 0 Å². The van der Waals surface area contributed by atoms with Gasteiger partial charge in [0.15, 0.2) is 0 Å². The number of rotatable bonds is 6. The van der Waals surface area contributed by atoms with Crippen molar-refractivity contribution in [3.05, 3.63) is 81.9 Å². The van der Waals surface area contributed by atoms with Gasteiger partial charge in [-0.25, -0.2) is 0 Å². The number of methoxy groups -OCH3 is 2. The van der Waals surface area contributed by atoms with Crippen LogP contribution in [0.3, 0.4) is 0 Å². The van der Waals surface area contributed by atoms with E-state index in [1.165, 1.54) is 14.2 Å². The molecule has 0 fully saturated rings. The van der Waals surface area contributed by atoms with E-state index < -0.39 is 11.8 Å². The van der Waals surface area contributed by atoms with E-state index in [-0.39, 0.29) is 4.92 Å². The zero-order chi connectivity index (χ0) is 15.3. The molecule has 21 heavy (non-hydrogen) atoms. The normalized spacial score (nSPS) is 12.9. The molecule has 0 radical (unpaired) electrons. The third-order valence-electron chi connectivity index (χ3n) is 3.47. The molecule has 2 rings (SSSR count). The van der Waals surface area contributed by atoms with Gasteiger partial charge in [-0.15, -0.1) is 0 Å². The number of nitro groups is 1. The Bertz CT molecular complexity index is 582. The second-order valence-electron chi connectivity index (χ2n) is 4.54. The first kappa shape index (κ1) is 15.2. The zero-order valence-electron chi connectivity index (χ0n) is 11.9. The maximum Gasteiger partial charge on any atom is 0.295 e. The van der Waals surface area contributed by atoms with Gasteiger partial charge in [-0.05, 0) is 0 Å². The largest absolute Gasteiger partial charge is 0.344 e. The predicted octanol–water partition coefficient (Wildman–Crippen LogP) is 3.15. The highest BCUT2D eigenvalue weighted by molar-refractivity contribution is 5.27. The highest BCUT2D eigenvalue weighted by Crippen LogP contribution is 2.40. The van der Waals surface area contributed by atoms with Crippen molar-refractivity contribution in [2.75, 3.05) is 14.2 Å². The molecule has 0 bridgehead atoms. The van der Waals surface area contributed by atoms with Crippen LogP contribution < -0.4 is 0 Å². The van der Waals surface area contributed by atoms with Crippen LogP contribution in [-0.2, 0) is 15.3 Å². The lowest BCUT2D eigenvalue weighted by molar-refractivity contribution is -0.577. The minimum absolute atomic E-state index is 0.380. The van der Waals surface area contributed by atoms with E-state index in [4.69, 9.17) is 9.47 Å². The van der Waals surface area contributed by atoms with Crippen LogP contribution in [0.25, 0.3) is 0 Å². The fourth-order valence-corrected chi connectivity index (χ4v) is 2.49. The Labute approximate surface area is 123 Å². The lowest BCUT2D eigenvalue weighted by atomic mass is 9.92. The molecule has 0 spiro atoms. The molecule has 0 saturated heterocycles. The van der Waals surface area contributed by atoms with Gasteiger partial charge in [-0.3, -0.25) is 10.1 Å². The molecule has 1 atom stereocenters. The molecule has 0 N–H and O–H groups in total. The van der Waals surface area contributed by atoms with Crippen LogP contribution in [0.15, 0.2) is 60.7 Å². The van der Waals surface area contributed by atoms with E-state index >= 15 is 0 Å². The van der Waals surface area contributed by atoms with Gasteiger partial charge < -0.3 is 9.47 Å². The Hall–Kier alpha value is -2.24. The van der Waals surface area contributed by atoms with Crippen molar-refractivity contribution in [1.82, 2.24) is 0 Å². The quantitative estimate of drug-likeness (QED) is 0.465. The summed E-state index contributed by atoms with van der Waals surface area (Å²) >= 11 is 0. The molecule has 5 nitrogen and oxygen atoms in total. The summed E-state index contributed by atoms with van der Waals surface area (Å²) in [6, 6.07) is 16.5. The van der Waals surface area contributed by atoms with Crippen LogP contribution in [0.5, 0.6) is 0 Å². The second kappa shape index (κ2) is 6.47. The summed E-state index contributed by atoms with van der Waals surface area (Å²) in [5.74, 6) is -1.48. The van der Waals surface area contributed by atoms with E-state index in [2.05, 4.69) is 0 Å². The molecule has 0 amide bonds. The minimum Gasteiger partial charge on any atom is -0.344 e. The molecule has 2 aromatic carbocycles. The van der Waals surface area contributed by atoms with Gasteiger partial charge in [0.05, 0.1) is 0 Å². The number of benzene rings is 2. The van der Waals surface area contributed by atoms with Crippen molar-refractivity contribution in [1.29, 1.82) is 0 Å². The molecule has 0 heterocycles. The van der Waals surface area contributed by atoms with Crippen molar-refractivity contribution in [3.8, 4) is 0 Å². The number of hydrogen-bond donors (Lipinski definition) is 0. The zero-order valence-corrected chi connectivity index (χ0v) is 11.9. The van der Waals surface area contributed by atoms with Crippen LogP contribution in [0.4, 0.5) is 0 Å². The molecule has 0 aliphatic heterocycles. The van der Waals surface area contributed by atoms with Crippen molar-refractivity contribution >= 4 is 0 Å². The first-order valence-electron chi connectivity index (χ1n) is 6.50. The van der Waals surface area contributed by atoms with Gasteiger partial charge in [0.1, 0.15) is 0 Å². The molecule has 1 unspecified atom stereocenters. The third-order valence-corrected chi connectivity index (χ3v) is 3.47. The Kier molecular flexibility index (Phi) is 4.67. The summed E-state index contributed by atoms with van der Waals surface area (Å²) < 4.78 is 11.0. The van der Waals surface area contributed by atoms with Gasteiger partial charge in [0.25, 0.3) is 11.8 Å². The average Bonchev–Trinajstić information content (AvgIpc) is 2.54. The standard InChI is InChI=1S/C16H17NO4/c1-20-16(21-2,14-11-7-4-8-12-14)15(17(18)19)13-9-5-3-6-10-13/h3-12,15H,1-2H3. The summed E-state index contributed by atoms with van der Waals surface area (Å²) in [5, 5.41) is 11.7. The van der Waals surface area contributed by atoms with Gasteiger partial charge in [-0.1, -0.05) is 60.7 Å². The summed E-state index contributed by atoms with van der Waals surface area (Å²) in [4.78, 5) is 11.3. The van der Waals surface area contributed by atoms with Crippen LogP contribution in [0.1, 0.15) is 17.2 Å². The fourth-order valence-electron chi connectivity index (χ4n) is 2.49. The van der Waals surface area contributed by atoms with Gasteiger partial charge in [0, 0.05) is 30.3 Å². The Morgan fingerprint density at radius 1 is 0.952 bits per heavy atom. The Morgan fingerprint density at radius 3 is 1.86 bits per heavy atom. The molecule has 5 heteroatoms. The highest BCUT2D eigenvalue weighted by atomic mass is 16.7. The molecular weight excluding hydrogens is 270 g/mol. The number of hydrogen-bond acceptors (Lipinski definition) is 4. The molecule has 0 saturated carbocycles. The minimum atomic E-state index is -1.48. The molecule has 0 aliphatic carbocycles. The topological polar surface area (TPSA) is 61.6 Å². The number of nitrogens with zero attached hydrogens (tertiary/aromatic N) is 1.